The van der Waals surface area contributed by atoms with Crippen molar-refractivity contribution in [1.82, 2.24) is 3.90 Å². The highest BCUT2D eigenvalue weighted by Gasteiger charge is 2.57. The van der Waals surface area contributed by atoms with E-state index in [9.17, 15) is 0 Å². The van der Waals surface area contributed by atoms with Gasteiger partial charge in [0.1, 0.15) is 16.5 Å². The highest BCUT2D eigenvalue weighted by Crippen LogP contribution is 2.55. The van der Waals surface area contributed by atoms with Crippen LogP contribution >= 0.6 is 0 Å². The van der Waals surface area contributed by atoms with Crippen LogP contribution in [-0.4, -0.2) is 37.4 Å². The zero-order chi connectivity index (χ0) is 23.4. The normalized spacial score (nSPS) is 16.4. The second kappa shape index (κ2) is 7.86. The van der Waals surface area contributed by atoms with E-state index in [2.05, 4.69) is 126 Å². The lowest BCUT2D eigenvalue weighted by Gasteiger charge is -2.61. The van der Waals surface area contributed by atoms with E-state index in [1.165, 1.54) is 0 Å². The van der Waals surface area contributed by atoms with Gasteiger partial charge in [-0.25, -0.2) is 0 Å². The third-order valence-electron chi connectivity index (χ3n) is 7.67. The molecule has 0 heterocycles. The topological polar surface area (TPSA) is 15.6 Å². The number of hydrogen-bond acceptors (Lipinski definition) is 1. The van der Waals surface area contributed by atoms with Crippen LogP contribution in [0.25, 0.3) is 0 Å². The second-order valence-electron chi connectivity index (χ2n) is 14.3. The van der Waals surface area contributed by atoms with Crippen LogP contribution in [-0.2, 0) is 0 Å². The largest absolute Gasteiger partial charge is 0.448 e. The summed E-state index contributed by atoms with van der Waals surface area (Å²) in [5.41, 5.74) is 0. The van der Waals surface area contributed by atoms with Gasteiger partial charge in [-0.05, 0) is 33.2 Å². The first kappa shape index (κ1) is 28.5. The predicted octanol–water partition coefficient (Wildman–Crippen LogP) is 8.86. The van der Waals surface area contributed by atoms with Crippen LogP contribution in [0.1, 0.15) is 83.1 Å². The van der Waals surface area contributed by atoms with E-state index in [1.807, 2.05) is 0 Å². The van der Waals surface area contributed by atoms with Crippen LogP contribution in [0.3, 0.4) is 0 Å². The monoisotopic (exact) mass is 458 g/mol. The fraction of sp³-hybridized carbons (Fsp3) is 1.00. The summed E-state index contributed by atoms with van der Waals surface area (Å²) in [6.07, 6.45) is 0. The molecule has 0 aliphatic heterocycles. The molecule has 0 atom stereocenters. The Morgan fingerprint density at radius 1 is 0.571 bits per heavy atom. The molecule has 0 aromatic rings. The van der Waals surface area contributed by atoms with Gasteiger partial charge in [0.15, 0.2) is 8.24 Å². The summed E-state index contributed by atoms with van der Waals surface area (Å²) in [5, 5.41) is 1.16. The first-order valence-corrected chi connectivity index (χ1v) is 21.4. The van der Waals surface area contributed by atoms with Crippen molar-refractivity contribution in [2.45, 2.75) is 143 Å². The Bertz CT molecular complexity index is 548. The average Bonchev–Trinajstić information content (AvgIpc) is 2.30. The maximum Gasteiger partial charge on any atom is 0.207 e. The fourth-order valence-corrected chi connectivity index (χ4v) is 33.4. The van der Waals surface area contributed by atoms with E-state index in [0.29, 0.717) is 10.1 Å². The molecular weight excluding hydrogens is 405 g/mol. The molecule has 0 N–H and O–H groups in total. The van der Waals surface area contributed by atoms with Gasteiger partial charge in [-0.2, -0.15) is 0 Å². The number of rotatable bonds is 4. The van der Waals surface area contributed by atoms with Crippen LogP contribution in [0.15, 0.2) is 4.30 Å². The first-order chi connectivity index (χ1) is 11.7. The van der Waals surface area contributed by atoms with Crippen molar-refractivity contribution in [1.29, 1.82) is 0 Å². The van der Waals surface area contributed by atoms with Gasteiger partial charge < -0.3 is 8.20 Å². The second-order valence-corrected chi connectivity index (χ2v) is 33.6. The maximum atomic E-state index is 5.95. The molecule has 0 aliphatic carbocycles. The summed E-state index contributed by atoms with van der Waals surface area (Å²) in [7, 11) is -6.25. The molecule has 0 bridgehead atoms. The van der Waals surface area contributed by atoms with E-state index in [4.69, 9.17) is 4.30 Å². The van der Waals surface area contributed by atoms with Crippen LogP contribution in [0, 0.1) is 0 Å². The fourth-order valence-electron chi connectivity index (χ4n) is 5.11. The summed E-state index contributed by atoms with van der Waals surface area (Å²) in [4.78, 5) is 0. The first-order valence-electron chi connectivity index (χ1n) is 11.1. The lowest BCUT2D eigenvalue weighted by Crippen LogP contribution is -2.72. The Labute approximate surface area is 184 Å². The zero-order valence-electron chi connectivity index (χ0n) is 22.9. The van der Waals surface area contributed by atoms with Gasteiger partial charge in [0.25, 0.3) is 0 Å². The van der Waals surface area contributed by atoms with Gasteiger partial charge >= 0.3 is 0 Å². The molecule has 0 aromatic heterocycles. The molecule has 0 saturated heterocycles. The van der Waals surface area contributed by atoms with Crippen molar-refractivity contribution in [2.75, 3.05) is 0 Å². The molecule has 0 spiro atoms. The summed E-state index contributed by atoms with van der Waals surface area (Å²) in [5.74, 6) is 0. The lowest BCUT2D eigenvalue weighted by molar-refractivity contribution is 0.565. The zero-order valence-corrected chi connectivity index (χ0v) is 26.9. The Balaban J connectivity index is 7.08. The van der Waals surface area contributed by atoms with Gasteiger partial charge in [0.2, 0.25) is 8.75 Å². The van der Waals surface area contributed by atoms with E-state index in [1.54, 1.807) is 0 Å². The van der Waals surface area contributed by atoms with Crippen LogP contribution in [0.2, 0.25) is 59.4 Å². The summed E-state index contributed by atoms with van der Waals surface area (Å²) in [6, 6.07) is 0. The molecule has 2 nitrogen and oxygen atoms in total. The van der Waals surface area contributed by atoms with Gasteiger partial charge in [0.05, 0.1) is 0 Å². The highest BCUT2D eigenvalue weighted by molar-refractivity contribution is 7.01. The molecule has 0 amide bonds. The number of hydrogen-bond donors (Lipinski definition) is 0. The average molecular weight is 459 g/mol. The molecule has 0 saturated carbocycles. The van der Waals surface area contributed by atoms with Gasteiger partial charge in [0, 0.05) is 0 Å². The van der Waals surface area contributed by atoms with Crippen molar-refractivity contribution in [3.05, 3.63) is 0 Å². The highest BCUT2D eigenvalue weighted by atomic mass is 28.5. The molecule has 0 radical (unpaired) electrons. The van der Waals surface area contributed by atoms with Crippen LogP contribution in [0.5, 0.6) is 0 Å². The third kappa shape index (κ3) is 5.20. The van der Waals surface area contributed by atoms with Crippen molar-refractivity contribution >= 4 is 33.5 Å². The molecule has 0 unspecified atom stereocenters. The molecule has 0 aliphatic rings. The van der Waals surface area contributed by atoms with E-state index in [-0.39, 0.29) is 10.1 Å². The Morgan fingerprint density at radius 2 is 0.857 bits per heavy atom. The third-order valence-corrected chi connectivity index (χ3v) is 34.0. The molecule has 0 fully saturated rings. The Morgan fingerprint density at radius 3 is 1.04 bits per heavy atom. The van der Waals surface area contributed by atoms with E-state index >= 15 is 0 Å². The predicted molar refractivity (Wildman–Crippen MR) is 141 cm³/mol. The minimum Gasteiger partial charge on any atom is -0.448 e. The summed E-state index contributed by atoms with van der Waals surface area (Å²) in [6.45, 7) is 45.0. The van der Waals surface area contributed by atoms with E-state index < -0.39 is 33.5 Å². The molecule has 6 heteroatoms. The summed E-state index contributed by atoms with van der Waals surface area (Å²) >= 11 is 0. The molecule has 168 valence electrons. The SMILES string of the molecule is C/[Si](=N\[Si](C)(C(C)(C)C)C(C)(C)C)N([Si](C)(C)C)[Si](C)(C(C)(C)C)C(C)(C)C. The standard InChI is InChI=1S/C22H54N2Si4/c1-19(2,3)27(17,20(4,5)6)23-25(13)24(26(14,15)16)28(18,21(7,8)9)22(10,11)12/h1-18H3/b25-23+. The minimum absolute atomic E-state index is 0.268. The summed E-state index contributed by atoms with van der Waals surface area (Å²) < 4.78 is 9.07. The minimum atomic E-state index is -1.88. The quantitative estimate of drug-likeness (QED) is 0.384. The van der Waals surface area contributed by atoms with E-state index in [0.717, 1.165) is 0 Å². The lowest BCUT2D eigenvalue weighted by atomic mass is 10.2. The van der Waals surface area contributed by atoms with Crippen molar-refractivity contribution in [3.8, 4) is 0 Å². The van der Waals surface area contributed by atoms with Crippen molar-refractivity contribution < 1.29 is 0 Å². The molecule has 0 aromatic carbocycles. The maximum absolute atomic E-state index is 5.95. The molecule has 28 heavy (non-hydrogen) atoms. The Kier molecular flexibility index (Phi) is 7.99. The van der Waals surface area contributed by atoms with Crippen LogP contribution < -0.4 is 0 Å². The Hall–Kier alpha value is 0.468. The van der Waals surface area contributed by atoms with Gasteiger partial charge in [-0.3, -0.25) is 0 Å². The number of nitrogens with zero attached hydrogens (tertiary/aromatic N) is 2. The van der Waals surface area contributed by atoms with Gasteiger partial charge in [-0.1, -0.05) is 109 Å². The van der Waals surface area contributed by atoms with Crippen molar-refractivity contribution in [3.63, 3.8) is 0 Å². The molecule has 0 rings (SSSR count). The van der Waals surface area contributed by atoms with Crippen LogP contribution in [0.4, 0.5) is 0 Å². The molecular formula is C22H54N2Si4. The van der Waals surface area contributed by atoms with Crippen molar-refractivity contribution in [2.24, 2.45) is 4.30 Å². The smallest absolute Gasteiger partial charge is 0.207 e. The van der Waals surface area contributed by atoms with Gasteiger partial charge in [-0.15, -0.1) is 0 Å².